The number of hydrogen-bond acceptors (Lipinski definition) is 4. The SMILES string of the molecule is CCN(CC)CCCNC(=O)c1cc(N)cc(N)c1. The lowest BCUT2D eigenvalue weighted by atomic mass is 10.1. The molecule has 0 aliphatic heterocycles. The Balaban J connectivity index is 2.39. The highest BCUT2D eigenvalue weighted by atomic mass is 16.1. The van der Waals surface area contributed by atoms with Gasteiger partial charge in [0.1, 0.15) is 0 Å². The number of hydrogen-bond donors (Lipinski definition) is 3. The van der Waals surface area contributed by atoms with Crippen LogP contribution in [-0.4, -0.2) is 37.0 Å². The number of anilines is 2. The molecule has 1 rings (SSSR count). The first kappa shape index (κ1) is 15.3. The van der Waals surface area contributed by atoms with Gasteiger partial charge in [0.05, 0.1) is 0 Å². The summed E-state index contributed by atoms with van der Waals surface area (Å²) in [6.45, 7) is 8.00. The molecule has 0 spiro atoms. The second-order valence-corrected chi connectivity index (χ2v) is 4.52. The van der Waals surface area contributed by atoms with E-state index in [1.807, 2.05) is 0 Å². The van der Waals surface area contributed by atoms with Crippen molar-refractivity contribution in [2.75, 3.05) is 37.6 Å². The van der Waals surface area contributed by atoms with Gasteiger partial charge in [0, 0.05) is 23.5 Å². The number of amides is 1. The number of carbonyl (C=O) groups is 1. The lowest BCUT2D eigenvalue weighted by Crippen LogP contribution is -2.30. The van der Waals surface area contributed by atoms with Gasteiger partial charge in [-0.3, -0.25) is 4.79 Å². The summed E-state index contributed by atoms with van der Waals surface area (Å²) in [6.07, 6.45) is 0.936. The summed E-state index contributed by atoms with van der Waals surface area (Å²) in [5.41, 5.74) is 12.9. The monoisotopic (exact) mass is 264 g/mol. The van der Waals surface area contributed by atoms with E-state index in [1.54, 1.807) is 18.2 Å². The molecule has 0 saturated heterocycles. The van der Waals surface area contributed by atoms with Crippen molar-refractivity contribution in [1.29, 1.82) is 0 Å². The van der Waals surface area contributed by atoms with E-state index in [0.29, 0.717) is 23.5 Å². The predicted octanol–water partition coefficient (Wildman–Crippen LogP) is 1.31. The Hall–Kier alpha value is -1.75. The molecule has 5 N–H and O–H groups in total. The van der Waals surface area contributed by atoms with E-state index in [2.05, 4.69) is 24.1 Å². The molecule has 0 unspecified atom stereocenters. The molecule has 0 aliphatic rings. The van der Waals surface area contributed by atoms with Gasteiger partial charge in [-0.15, -0.1) is 0 Å². The van der Waals surface area contributed by atoms with Gasteiger partial charge >= 0.3 is 0 Å². The van der Waals surface area contributed by atoms with Gasteiger partial charge < -0.3 is 21.7 Å². The first-order valence-electron chi connectivity index (χ1n) is 6.73. The highest BCUT2D eigenvalue weighted by Gasteiger charge is 2.06. The summed E-state index contributed by atoms with van der Waals surface area (Å²) in [7, 11) is 0. The van der Waals surface area contributed by atoms with Crippen molar-refractivity contribution in [3.63, 3.8) is 0 Å². The van der Waals surface area contributed by atoms with E-state index < -0.39 is 0 Å². The molecule has 0 fully saturated rings. The minimum absolute atomic E-state index is 0.126. The maximum atomic E-state index is 11.9. The maximum Gasteiger partial charge on any atom is 0.251 e. The first-order chi connectivity index (χ1) is 9.06. The third-order valence-electron chi connectivity index (χ3n) is 3.07. The van der Waals surface area contributed by atoms with Crippen LogP contribution in [0.25, 0.3) is 0 Å². The molecule has 0 saturated carbocycles. The fraction of sp³-hybridized carbons (Fsp3) is 0.500. The van der Waals surface area contributed by atoms with Gasteiger partial charge in [0.15, 0.2) is 0 Å². The van der Waals surface area contributed by atoms with Gasteiger partial charge in [-0.1, -0.05) is 13.8 Å². The summed E-state index contributed by atoms with van der Waals surface area (Å²) in [5.74, 6) is -0.126. The molecule has 0 heterocycles. The predicted molar refractivity (Wildman–Crippen MR) is 80.0 cm³/mol. The number of nitrogens with two attached hydrogens (primary N) is 2. The highest BCUT2D eigenvalue weighted by molar-refractivity contribution is 5.96. The minimum atomic E-state index is -0.126. The normalized spacial score (nSPS) is 10.7. The van der Waals surface area contributed by atoms with E-state index >= 15 is 0 Å². The Morgan fingerprint density at radius 2 is 1.74 bits per heavy atom. The quantitative estimate of drug-likeness (QED) is 0.512. The van der Waals surface area contributed by atoms with Crippen LogP contribution in [0.1, 0.15) is 30.6 Å². The zero-order chi connectivity index (χ0) is 14.3. The number of carbonyl (C=O) groups excluding carboxylic acids is 1. The molecule has 0 bridgehead atoms. The third kappa shape index (κ3) is 5.18. The average molecular weight is 264 g/mol. The van der Waals surface area contributed by atoms with E-state index in [-0.39, 0.29) is 5.91 Å². The Bertz CT molecular complexity index is 396. The summed E-state index contributed by atoms with van der Waals surface area (Å²) in [4.78, 5) is 14.2. The summed E-state index contributed by atoms with van der Waals surface area (Å²) in [5, 5.41) is 2.88. The molecule has 5 heteroatoms. The van der Waals surface area contributed by atoms with Crippen LogP contribution in [0.5, 0.6) is 0 Å². The largest absolute Gasteiger partial charge is 0.399 e. The van der Waals surface area contributed by atoms with Crippen LogP contribution >= 0.6 is 0 Å². The van der Waals surface area contributed by atoms with Gasteiger partial charge in [-0.2, -0.15) is 0 Å². The standard InChI is InChI=1S/C14H24N4O/c1-3-18(4-2)7-5-6-17-14(19)11-8-12(15)10-13(16)9-11/h8-10H,3-7,15-16H2,1-2H3,(H,17,19). The lowest BCUT2D eigenvalue weighted by molar-refractivity contribution is 0.0952. The van der Waals surface area contributed by atoms with Crippen LogP contribution in [-0.2, 0) is 0 Å². The van der Waals surface area contributed by atoms with Crippen molar-refractivity contribution in [1.82, 2.24) is 10.2 Å². The summed E-state index contributed by atoms with van der Waals surface area (Å²) >= 11 is 0. The molecule has 1 amide bonds. The van der Waals surface area contributed by atoms with Crippen molar-refractivity contribution in [3.8, 4) is 0 Å². The van der Waals surface area contributed by atoms with E-state index in [4.69, 9.17) is 11.5 Å². The van der Waals surface area contributed by atoms with Crippen molar-refractivity contribution < 1.29 is 4.79 Å². The highest BCUT2D eigenvalue weighted by Crippen LogP contribution is 2.13. The molecule has 1 aromatic rings. The lowest BCUT2D eigenvalue weighted by Gasteiger charge is -2.17. The van der Waals surface area contributed by atoms with Crippen molar-refractivity contribution in [3.05, 3.63) is 23.8 Å². The topological polar surface area (TPSA) is 84.4 Å². The van der Waals surface area contributed by atoms with Crippen molar-refractivity contribution in [2.24, 2.45) is 0 Å². The molecular formula is C14H24N4O. The molecule has 0 aliphatic carbocycles. The smallest absolute Gasteiger partial charge is 0.251 e. The maximum absolute atomic E-state index is 11.9. The van der Waals surface area contributed by atoms with E-state index in [1.165, 1.54) is 0 Å². The fourth-order valence-electron chi connectivity index (χ4n) is 1.95. The number of rotatable bonds is 7. The van der Waals surface area contributed by atoms with E-state index in [9.17, 15) is 4.79 Å². The number of nitrogen functional groups attached to an aromatic ring is 2. The van der Waals surface area contributed by atoms with Crippen LogP contribution in [0.4, 0.5) is 11.4 Å². The Morgan fingerprint density at radius 1 is 1.16 bits per heavy atom. The first-order valence-corrected chi connectivity index (χ1v) is 6.73. The Morgan fingerprint density at radius 3 is 2.26 bits per heavy atom. The summed E-state index contributed by atoms with van der Waals surface area (Å²) < 4.78 is 0. The van der Waals surface area contributed by atoms with Gasteiger partial charge in [0.25, 0.3) is 5.91 Å². The molecule has 106 valence electrons. The fourth-order valence-corrected chi connectivity index (χ4v) is 1.95. The average Bonchev–Trinajstić information content (AvgIpc) is 2.37. The molecule has 0 atom stereocenters. The Labute approximate surface area is 115 Å². The van der Waals surface area contributed by atoms with Gasteiger partial charge in [-0.05, 0) is 44.3 Å². The molecule has 0 aromatic heterocycles. The van der Waals surface area contributed by atoms with Crippen LogP contribution < -0.4 is 16.8 Å². The second-order valence-electron chi connectivity index (χ2n) is 4.52. The van der Waals surface area contributed by atoms with Gasteiger partial charge in [0.2, 0.25) is 0 Å². The number of benzene rings is 1. The Kier molecular flexibility index (Phi) is 6.15. The minimum Gasteiger partial charge on any atom is -0.399 e. The van der Waals surface area contributed by atoms with Crippen LogP contribution in [0.3, 0.4) is 0 Å². The zero-order valence-electron chi connectivity index (χ0n) is 11.8. The number of nitrogens with one attached hydrogen (secondary N) is 1. The molecule has 19 heavy (non-hydrogen) atoms. The molecule has 1 aromatic carbocycles. The van der Waals surface area contributed by atoms with Crippen molar-refractivity contribution in [2.45, 2.75) is 20.3 Å². The number of nitrogens with zero attached hydrogens (tertiary/aromatic N) is 1. The zero-order valence-corrected chi connectivity index (χ0v) is 11.8. The van der Waals surface area contributed by atoms with Crippen LogP contribution in [0, 0.1) is 0 Å². The van der Waals surface area contributed by atoms with Gasteiger partial charge in [-0.25, -0.2) is 0 Å². The second kappa shape index (κ2) is 7.63. The van der Waals surface area contributed by atoms with E-state index in [0.717, 1.165) is 26.1 Å². The third-order valence-corrected chi connectivity index (χ3v) is 3.07. The molecular weight excluding hydrogens is 240 g/mol. The van der Waals surface area contributed by atoms with Crippen LogP contribution in [0.2, 0.25) is 0 Å². The molecule has 0 radical (unpaired) electrons. The molecule has 5 nitrogen and oxygen atoms in total. The van der Waals surface area contributed by atoms with Crippen molar-refractivity contribution >= 4 is 17.3 Å². The summed E-state index contributed by atoms with van der Waals surface area (Å²) in [6, 6.07) is 4.91. The van der Waals surface area contributed by atoms with Crippen LogP contribution in [0.15, 0.2) is 18.2 Å².